The molecule has 26 heavy (non-hydrogen) atoms. The Kier molecular flexibility index (Phi) is 3.66. The molecule has 0 aromatic carbocycles. The minimum Gasteiger partial charge on any atom is -0.304 e. The van der Waals surface area contributed by atoms with E-state index in [1.165, 1.54) is 33.5 Å². The van der Waals surface area contributed by atoms with Crippen molar-refractivity contribution in [3.8, 4) is 0 Å². The molecule has 4 heterocycles. The fourth-order valence-corrected chi connectivity index (χ4v) is 4.44. The highest BCUT2D eigenvalue weighted by molar-refractivity contribution is 6.31. The summed E-state index contributed by atoms with van der Waals surface area (Å²) in [5, 5.41) is 1.88. The van der Waals surface area contributed by atoms with Crippen LogP contribution in [0.1, 0.15) is 34.6 Å². The van der Waals surface area contributed by atoms with Gasteiger partial charge in [0.2, 0.25) is 0 Å². The molecule has 0 amide bonds. The van der Waals surface area contributed by atoms with E-state index in [1.54, 1.807) is 6.20 Å². The van der Waals surface area contributed by atoms with E-state index in [0.29, 0.717) is 5.02 Å². The molecule has 0 bridgehead atoms. The zero-order valence-electron chi connectivity index (χ0n) is 15.1. The van der Waals surface area contributed by atoms with Crippen molar-refractivity contribution in [2.24, 2.45) is 0 Å². The Labute approximate surface area is 158 Å². The van der Waals surface area contributed by atoms with E-state index in [9.17, 15) is 0 Å². The molecule has 0 N–H and O–H groups in total. The summed E-state index contributed by atoms with van der Waals surface area (Å²) in [5.74, 6) is 0. The fourth-order valence-electron chi connectivity index (χ4n) is 4.28. The number of pyridine rings is 2. The van der Waals surface area contributed by atoms with Crippen LogP contribution >= 0.6 is 11.6 Å². The Hall–Kier alpha value is -2.17. The van der Waals surface area contributed by atoms with Gasteiger partial charge in [-0.05, 0) is 50.1 Å². The maximum Gasteiger partial charge on any atom is 0.144 e. The van der Waals surface area contributed by atoms with Gasteiger partial charge in [0, 0.05) is 59.9 Å². The highest BCUT2D eigenvalue weighted by atomic mass is 35.5. The number of hydrogen-bond donors (Lipinski definition) is 0. The van der Waals surface area contributed by atoms with Gasteiger partial charge in [-0.15, -0.1) is 0 Å². The molecule has 5 rings (SSSR count). The molecule has 0 fully saturated rings. The number of rotatable bonds is 1. The summed E-state index contributed by atoms with van der Waals surface area (Å²) in [6.45, 7) is 4.07. The molecule has 0 saturated heterocycles. The molecule has 1 aliphatic carbocycles. The van der Waals surface area contributed by atoms with E-state index in [0.717, 1.165) is 43.7 Å². The maximum atomic E-state index is 6.25. The van der Waals surface area contributed by atoms with Crippen LogP contribution in [0.2, 0.25) is 5.02 Å². The average molecular weight is 365 g/mol. The lowest BCUT2D eigenvalue weighted by Crippen LogP contribution is -2.26. The van der Waals surface area contributed by atoms with Crippen LogP contribution in [0.25, 0.3) is 22.8 Å². The predicted molar refractivity (Wildman–Crippen MR) is 106 cm³/mol. The number of nitrogens with zero attached hydrogens (tertiary/aromatic N) is 4. The Bertz CT molecular complexity index is 1060. The first-order valence-electron chi connectivity index (χ1n) is 9.13. The molecular weight excluding hydrogens is 344 g/mol. The van der Waals surface area contributed by atoms with E-state index >= 15 is 0 Å². The predicted octanol–water partition coefficient (Wildman–Crippen LogP) is 4.33. The van der Waals surface area contributed by atoms with Crippen LogP contribution in [0, 0.1) is 6.92 Å². The van der Waals surface area contributed by atoms with Crippen molar-refractivity contribution in [2.45, 2.75) is 32.7 Å². The molecule has 5 heteroatoms. The van der Waals surface area contributed by atoms with Crippen molar-refractivity contribution in [3.63, 3.8) is 0 Å². The minimum absolute atomic E-state index is 0.698. The largest absolute Gasteiger partial charge is 0.304 e. The SMILES string of the molecule is Cc1ccc2c(n1)CC/C2=C\n1c2c(c3cc(Cl)cnc31)CN(C)CC2. The quantitative estimate of drug-likeness (QED) is 0.644. The standard InChI is InChI=1S/C21H21ClN4/c1-13-3-5-16-14(4-6-19(16)24-13)11-26-20-7-8-25(2)12-18(20)17-9-15(22)10-23-21(17)26/h3,5,9-11H,4,6-8,12H2,1-2H3/b14-11+. The van der Waals surface area contributed by atoms with E-state index in [1.807, 2.05) is 0 Å². The Morgan fingerprint density at radius 3 is 2.96 bits per heavy atom. The molecule has 4 nitrogen and oxygen atoms in total. The lowest BCUT2D eigenvalue weighted by atomic mass is 10.1. The van der Waals surface area contributed by atoms with Gasteiger partial charge in [-0.1, -0.05) is 17.7 Å². The molecular formula is C21H21ClN4. The highest BCUT2D eigenvalue weighted by Crippen LogP contribution is 2.36. The van der Waals surface area contributed by atoms with Gasteiger partial charge in [-0.25, -0.2) is 4.98 Å². The summed E-state index contributed by atoms with van der Waals surface area (Å²) in [6.07, 6.45) is 7.13. The van der Waals surface area contributed by atoms with Gasteiger partial charge in [-0.2, -0.15) is 0 Å². The number of likely N-dealkylation sites (N-methyl/N-ethyl adjacent to an activating group) is 1. The summed E-state index contributed by atoms with van der Waals surface area (Å²) in [5.41, 5.74) is 8.69. The number of fused-ring (bicyclic) bond motifs is 4. The highest BCUT2D eigenvalue weighted by Gasteiger charge is 2.24. The van der Waals surface area contributed by atoms with Crippen LogP contribution in [-0.2, 0) is 19.4 Å². The summed E-state index contributed by atoms with van der Waals surface area (Å²) in [7, 11) is 2.17. The van der Waals surface area contributed by atoms with E-state index in [4.69, 9.17) is 16.6 Å². The third-order valence-electron chi connectivity index (χ3n) is 5.56. The lowest BCUT2D eigenvalue weighted by Gasteiger charge is -2.23. The molecule has 1 aliphatic heterocycles. The van der Waals surface area contributed by atoms with Crippen LogP contribution in [0.3, 0.4) is 0 Å². The lowest BCUT2D eigenvalue weighted by molar-refractivity contribution is 0.312. The maximum absolute atomic E-state index is 6.25. The third kappa shape index (κ3) is 2.48. The first kappa shape index (κ1) is 16.0. The minimum atomic E-state index is 0.698. The summed E-state index contributed by atoms with van der Waals surface area (Å²) < 4.78 is 2.30. The molecule has 3 aromatic heterocycles. The van der Waals surface area contributed by atoms with Crippen LogP contribution < -0.4 is 0 Å². The Morgan fingerprint density at radius 1 is 1.19 bits per heavy atom. The molecule has 0 atom stereocenters. The summed E-state index contributed by atoms with van der Waals surface area (Å²) >= 11 is 6.25. The number of hydrogen-bond acceptors (Lipinski definition) is 3. The van der Waals surface area contributed by atoms with Crippen LogP contribution in [0.15, 0.2) is 24.4 Å². The van der Waals surface area contributed by atoms with Crippen molar-refractivity contribution in [3.05, 3.63) is 57.6 Å². The number of allylic oxidation sites excluding steroid dienone is 1. The summed E-state index contributed by atoms with van der Waals surface area (Å²) in [6, 6.07) is 6.38. The second-order valence-corrected chi connectivity index (χ2v) is 7.85. The van der Waals surface area contributed by atoms with Crippen molar-refractivity contribution < 1.29 is 0 Å². The average Bonchev–Trinajstić information content (AvgIpc) is 3.14. The topological polar surface area (TPSA) is 34.0 Å². The zero-order valence-corrected chi connectivity index (χ0v) is 15.8. The molecule has 0 spiro atoms. The van der Waals surface area contributed by atoms with Gasteiger partial charge < -0.3 is 9.47 Å². The molecule has 0 saturated carbocycles. The van der Waals surface area contributed by atoms with Crippen molar-refractivity contribution in [1.82, 2.24) is 19.4 Å². The van der Waals surface area contributed by atoms with Gasteiger partial charge in [-0.3, -0.25) is 4.98 Å². The van der Waals surface area contributed by atoms with Gasteiger partial charge in [0.05, 0.1) is 5.02 Å². The van der Waals surface area contributed by atoms with Crippen molar-refractivity contribution in [1.29, 1.82) is 0 Å². The van der Waals surface area contributed by atoms with Crippen molar-refractivity contribution >= 4 is 34.4 Å². The molecule has 2 aliphatic rings. The molecule has 3 aromatic rings. The normalized spacial score (nSPS) is 18.5. The van der Waals surface area contributed by atoms with Gasteiger partial charge in [0.15, 0.2) is 0 Å². The number of halogens is 1. The smallest absolute Gasteiger partial charge is 0.144 e. The third-order valence-corrected chi connectivity index (χ3v) is 5.77. The molecule has 132 valence electrons. The van der Waals surface area contributed by atoms with Gasteiger partial charge in [0.25, 0.3) is 0 Å². The van der Waals surface area contributed by atoms with Crippen LogP contribution in [0.5, 0.6) is 0 Å². The zero-order chi connectivity index (χ0) is 17.8. The Balaban J connectivity index is 1.71. The first-order valence-corrected chi connectivity index (χ1v) is 9.51. The fraction of sp³-hybridized carbons (Fsp3) is 0.333. The van der Waals surface area contributed by atoms with Crippen molar-refractivity contribution in [2.75, 3.05) is 13.6 Å². The van der Waals surface area contributed by atoms with E-state index < -0.39 is 0 Å². The van der Waals surface area contributed by atoms with Crippen LogP contribution in [0.4, 0.5) is 0 Å². The summed E-state index contributed by atoms with van der Waals surface area (Å²) in [4.78, 5) is 11.7. The first-order chi connectivity index (χ1) is 12.6. The number of aryl methyl sites for hydroxylation is 2. The van der Waals surface area contributed by atoms with E-state index in [-0.39, 0.29) is 0 Å². The molecule has 0 radical (unpaired) electrons. The van der Waals surface area contributed by atoms with Gasteiger partial charge >= 0.3 is 0 Å². The second kappa shape index (κ2) is 5.93. The van der Waals surface area contributed by atoms with Crippen LogP contribution in [-0.4, -0.2) is 33.0 Å². The molecule has 0 unspecified atom stereocenters. The Morgan fingerprint density at radius 2 is 2.08 bits per heavy atom. The monoisotopic (exact) mass is 364 g/mol. The second-order valence-electron chi connectivity index (χ2n) is 7.41. The number of aromatic nitrogens is 3. The van der Waals surface area contributed by atoms with E-state index in [2.05, 4.69) is 52.8 Å². The van der Waals surface area contributed by atoms with Gasteiger partial charge in [0.1, 0.15) is 5.65 Å².